The van der Waals surface area contributed by atoms with E-state index in [1.807, 2.05) is 0 Å². The van der Waals surface area contributed by atoms with E-state index in [0.717, 1.165) is 12.1 Å². The summed E-state index contributed by atoms with van der Waals surface area (Å²) in [5.74, 6) is -2.46. The zero-order chi connectivity index (χ0) is 14.5. The van der Waals surface area contributed by atoms with Gasteiger partial charge in [-0.1, -0.05) is 36.4 Å². The molecule has 0 aromatic heterocycles. The Bertz CT molecular complexity index is 715. The van der Waals surface area contributed by atoms with Gasteiger partial charge in [0.05, 0.1) is 0 Å². The summed E-state index contributed by atoms with van der Waals surface area (Å²) in [4.78, 5) is 12.1. The van der Waals surface area contributed by atoms with Gasteiger partial charge in [-0.3, -0.25) is 4.79 Å². The molecule has 0 fully saturated rings. The molecular weight excluding hydrogens is 260 g/mol. The minimum atomic E-state index is -1.02. The Kier molecular flexibility index (Phi) is 4.02. The van der Waals surface area contributed by atoms with E-state index in [2.05, 4.69) is 0 Å². The predicted octanol–water partition coefficient (Wildman–Crippen LogP) is 3.75. The molecule has 0 unspecified atom stereocenters. The Labute approximate surface area is 114 Å². The van der Waals surface area contributed by atoms with Crippen molar-refractivity contribution in [2.45, 2.75) is 0 Å². The van der Waals surface area contributed by atoms with Gasteiger partial charge in [0.25, 0.3) is 0 Å². The van der Waals surface area contributed by atoms with Crippen molar-refractivity contribution in [2.75, 3.05) is 0 Å². The van der Waals surface area contributed by atoms with Crippen molar-refractivity contribution in [3.8, 4) is 6.07 Å². The maximum Gasteiger partial charge on any atom is 0.203 e. The van der Waals surface area contributed by atoms with Gasteiger partial charge in [-0.15, -0.1) is 0 Å². The van der Waals surface area contributed by atoms with Crippen molar-refractivity contribution in [3.05, 3.63) is 76.9 Å². The summed E-state index contributed by atoms with van der Waals surface area (Å²) in [6.45, 7) is 0. The lowest BCUT2D eigenvalue weighted by Gasteiger charge is -2.00. The van der Waals surface area contributed by atoms with E-state index in [9.17, 15) is 13.6 Å². The van der Waals surface area contributed by atoms with Crippen LogP contribution in [0.3, 0.4) is 0 Å². The van der Waals surface area contributed by atoms with Crippen LogP contribution in [-0.4, -0.2) is 5.78 Å². The lowest BCUT2D eigenvalue weighted by atomic mass is 10.0. The van der Waals surface area contributed by atoms with Crippen molar-refractivity contribution in [3.63, 3.8) is 0 Å². The van der Waals surface area contributed by atoms with Crippen LogP contribution in [0.5, 0.6) is 0 Å². The van der Waals surface area contributed by atoms with Gasteiger partial charge in [-0.25, -0.2) is 8.78 Å². The number of carbonyl (C=O) groups excluding carboxylic acids is 1. The number of hydrogen-bond acceptors (Lipinski definition) is 2. The fraction of sp³-hybridized carbons (Fsp3) is 0. The number of carbonyl (C=O) groups is 1. The Balaban J connectivity index is 2.37. The fourth-order valence-electron chi connectivity index (χ4n) is 1.66. The molecule has 0 aliphatic heterocycles. The van der Waals surface area contributed by atoms with Gasteiger partial charge < -0.3 is 0 Å². The van der Waals surface area contributed by atoms with Crippen LogP contribution in [-0.2, 0) is 0 Å². The highest BCUT2D eigenvalue weighted by Crippen LogP contribution is 2.15. The third kappa shape index (κ3) is 2.96. The minimum Gasteiger partial charge on any atom is -0.288 e. The smallest absolute Gasteiger partial charge is 0.203 e. The fourth-order valence-corrected chi connectivity index (χ4v) is 1.66. The first-order valence-corrected chi connectivity index (χ1v) is 5.78. The monoisotopic (exact) mass is 269 g/mol. The second-order valence-corrected chi connectivity index (χ2v) is 4.04. The zero-order valence-corrected chi connectivity index (χ0v) is 10.3. The lowest BCUT2D eigenvalue weighted by Crippen LogP contribution is -2.01. The molecule has 0 spiro atoms. The van der Waals surface area contributed by atoms with Crippen LogP contribution in [0.15, 0.2) is 54.1 Å². The van der Waals surface area contributed by atoms with E-state index in [-0.39, 0.29) is 11.1 Å². The molecule has 2 nitrogen and oxygen atoms in total. The highest BCUT2D eigenvalue weighted by Gasteiger charge is 2.12. The van der Waals surface area contributed by atoms with Gasteiger partial charge in [-0.05, 0) is 23.8 Å². The molecule has 0 bridgehead atoms. The standard InChI is InChI=1S/C16H9F2NO/c17-14-7-6-11(9-15(14)18)8-13(10-19)16(20)12-4-2-1-3-5-12/h1-9H/b13-8+. The molecule has 0 aliphatic rings. The van der Waals surface area contributed by atoms with Crippen molar-refractivity contribution in [1.82, 2.24) is 0 Å². The van der Waals surface area contributed by atoms with E-state index in [1.54, 1.807) is 36.4 Å². The quantitative estimate of drug-likeness (QED) is 0.483. The third-order valence-corrected chi connectivity index (χ3v) is 2.66. The van der Waals surface area contributed by atoms with E-state index in [1.165, 1.54) is 12.1 Å². The molecular formula is C16H9F2NO. The first-order chi connectivity index (χ1) is 9.61. The second kappa shape index (κ2) is 5.89. The molecule has 4 heteroatoms. The molecule has 2 aromatic rings. The largest absolute Gasteiger partial charge is 0.288 e. The topological polar surface area (TPSA) is 40.9 Å². The summed E-state index contributed by atoms with van der Waals surface area (Å²) in [7, 11) is 0. The van der Waals surface area contributed by atoms with Crippen LogP contribution in [0.4, 0.5) is 8.78 Å². The van der Waals surface area contributed by atoms with Crippen LogP contribution in [0.2, 0.25) is 0 Å². The molecule has 98 valence electrons. The average Bonchev–Trinajstić information content (AvgIpc) is 2.48. The number of benzene rings is 2. The molecule has 2 aromatic carbocycles. The number of Topliss-reactive ketones (excluding diaryl/α,β-unsaturated/α-hetero) is 1. The number of nitriles is 1. The molecule has 0 atom stereocenters. The molecule has 0 aliphatic carbocycles. The van der Waals surface area contributed by atoms with Crippen LogP contribution in [0.25, 0.3) is 6.08 Å². The highest BCUT2D eigenvalue weighted by molar-refractivity contribution is 6.13. The van der Waals surface area contributed by atoms with E-state index >= 15 is 0 Å². The molecule has 2 rings (SSSR count). The molecule has 0 amide bonds. The van der Waals surface area contributed by atoms with Gasteiger partial charge in [0.2, 0.25) is 5.78 Å². The SMILES string of the molecule is N#C/C(=C\c1ccc(F)c(F)c1)C(=O)c1ccccc1. The summed E-state index contributed by atoms with van der Waals surface area (Å²) in [5, 5.41) is 9.04. The maximum atomic E-state index is 13.1. The van der Waals surface area contributed by atoms with Gasteiger partial charge in [0.1, 0.15) is 11.6 Å². The molecule has 20 heavy (non-hydrogen) atoms. The number of hydrogen-bond donors (Lipinski definition) is 0. The van der Waals surface area contributed by atoms with Crippen molar-refractivity contribution < 1.29 is 13.6 Å². The summed E-state index contributed by atoms with van der Waals surface area (Å²) >= 11 is 0. The normalized spacial score (nSPS) is 10.9. The first kappa shape index (κ1) is 13.6. The number of rotatable bonds is 3. The van der Waals surface area contributed by atoms with Crippen molar-refractivity contribution >= 4 is 11.9 Å². The minimum absolute atomic E-state index is 0.137. The zero-order valence-electron chi connectivity index (χ0n) is 10.3. The van der Waals surface area contributed by atoms with Gasteiger partial charge >= 0.3 is 0 Å². The number of halogens is 2. The van der Waals surface area contributed by atoms with Crippen LogP contribution in [0.1, 0.15) is 15.9 Å². The number of nitrogens with zero attached hydrogens (tertiary/aromatic N) is 1. The molecule has 0 N–H and O–H groups in total. The van der Waals surface area contributed by atoms with E-state index in [0.29, 0.717) is 5.56 Å². The summed E-state index contributed by atoms with van der Waals surface area (Å²) in [5.41, 5.74) is 0.481. The number of allylic oxidation sites excluding steroid dienone is 1. The molecule has 0 saturated carbocycles. The Morgan fingerprint density at radius 2 is 1.75 bits per heavy atom. The molecule has 0 radical (unpaired) electrons. The Morgan fingerprint density at radius 1 is 1.05 bits per heavy atom. The first-order valence-electron chi connectivity index (χ1n) is 5.78. The summed E-state index contributed by atoms with van der Waals surface area (Å²) < 4.78 is 25.9. The van der Waals surface area contributed by atoms with Gasteiger partial charge in [-0.2, -0.15) is 5.26 Å². The van der Waals surface area contributed by atoms with Crippen LogP contribution < -0.4 is 0 Å². The Morgan fingerprint density at radius 3 is 2.35 bits per heavy atom. The summed E-state index contributed by atoms with van der Waals surface area (Å²) in [6, 6.07) is 13.2. The third-order valence-electron chi connectivity index (χ3n) is 2.66. The predicted molar refractivity (Wildman–Crippen MR) is 70.7 cm³/mol. The van der Waals surface area contributed by atoms with Crippen LogP contribution >= 0.6 is 0 Å². The molecule has 0 saturated heterocycles. The van der Waals surface area contributed by atoms with Crippen molar-refractivity contribution in [1.29, 1.82) is 5.26 Å². The lowest BCUT2D eigenvalue weighted by molar-refractivity contribution is 0.104. The van der Waals surface area contributed by atoms with E-state index in [4.69, 9.17) is 5.26 Å². The van der Waals surface area contributed by atoms with Gasteiger partial charge in [0, 0.05) is 5.56 Å². The second-order valence-electron chi connectivity index (χ2n) is 4.04. The number of ketones is 1. The maximum absolute atomic E-state index is 13.1. The van der Waals surface area contributed by atoms with Gasteiger partial charge in [0.15, 0.2) is 11.6 Å². The van der Waals surface area contributed by atoms with E-state index < -0.39 is 17.4 Å². The average molecular weight is 269 g/mol. The Hall–Kier alpha value is -2.80. The summed E-state index contributed by atoms with van der Waals surface area (Å²) in [6.07, 6.45) is 1.23. The van der Waals surface area contributed by atoms with Crippen LogP contribution in [0, 0.1) is 23.0 Å². The highest BCUT2D eigenvalue weighted by atomic mass is 19.2. The van der Waals surface area contributed by atoms with Crippen molar-refractivity contribution in [2.24, 2.45) is 0 Å². The molecule has 0 heterocycles.